The van der Waals surface area contributed by atoms with Gasteiger partial charge in [-0.2, -0.15) is 13.2 Å². The average molecular weight is 648 g/mol. The molecule has 1 aliphatic heterocycles. The highest BCUT2D eigenvalue weighted by molar-refractivity contribution is 7.90. The molecule has 0 radical (unpaired) electrons. The third kappa shape index (κ3) is 9.91. The monoisotopic (exact) mass is 647 g/mol. The summed E-state index contributed by atoms with van der Waals surface area (Å²) in [5.74, 6) is -0.498. The highest BCUT2D eigenvalue weighted by Gasteiger charge is 2.43. The average Bonchev–Trinajstić information content (AvgIpc) is 3.21. The minimum atomic E-state index is -3.60. The highest BCUT2D eigenvalue weighted by Crippen LogP contribution is 2.38. The lowest BCUT2D eigenvalue weighted by Gasteiger charge is -2.27. The van der Waals surface area contributed by atoms with Crippen LogP contribution in [0.1, 0.15) is 46.2 Å². The Hall–Kier alpha value is -4.76. The Morgan fingerprint density at radius 3 is 2.09 bits per heavy atom. The van der Waals surface area contributed by atoms with Gasteiger partial charge in [-0.1, -0.05) is 30.3 Å². The molecule has 3 aromatic carbocycles. The number of nitrogens with zero attached hydrogens (tertiary/aromatic N) is 1. The number of carbonyl (C=O) groups excluding carboxylic acids is 3. The van der Waals surface area contributed by atoms with E-state index in [9.17, 15) is 22.8 Å². The van der Waals surface area contributed by atoms with Gasteiger partial charge in [0.25, 0.3) is 11.8 Å². The van der Waals surface area contributed by atoms with E-state index in [1.807, 2.05) is 30.3 Å². The number of benzene rings is 3. The Kier molecular flexibility index (Phi) is 13.0. The molecule has 2 N–H and O–H groups in total. The van der Waals surface area contributed by atoms with Crippen molar-refractivity contribution >= 4 is 43.7 Å². The fourth-order valence-corrected chi connectivity index (χ4v) is 5.13. The number of rotatable bonds is 9. The predicted molar refractivity (Wildman–Crippen MR) is 162 cm³/mol. The standard InChI is InChI=1S/C22H24N2O7S.C7H8O.HNO2S/c1-5-31-19-11-14(9-10-18(19)30-3)17(12-32(4,28)29)24-21(26)15-7-6-8-16(23-13(2)25)20(15)22(24)27;1-8-7-5-3-2-4-6-7;1-4(2)3/h6-11,17H,5,12H2,1-4H3,(H,23,25);2-6H,1H3;1H. The predicted octanol–water partition coefficient (Wildman–Crippen LogP) is 3.76. The quantitative estimate of drug-likeness (QED) is 0.324. The normalized spacial score (nSPS) is 12.4. The van der Waals surface area contributed by atoms with Crippen molar-refractivity contribution in [2.75, 3.05) is 38.2 Å². The maximum absolute atomic E-state index is 13.3. The van der Waals surface area contributed by atoms with E-state index in [1.54, 1.807) is 38.3 Å². The van der Waals surface area contributed by atoms with Crippen molar-refractivity contribution in [3.05, 3.63) is 83.4 Å². The number of para-hydroxylation sites is 1. The van der Waals surface area contributed by atoms with Gasteiger partial charge in [-0.3, -0.25) is 19.3 Å². The first-order valence-electron chi connectivity index (χ1n) is 12.9. The topological polar surface area (TPSA) is 186 Å². The van der Waals surface area contributed by atoms with Gasteiger partial charge in [0.2, 0.25) is 5.91 Å². The second-order valence-corrected chi connectivity index (χ2v) is 11.7. The molecule has 3 aromatic rings. The van der Waals surface area contributed by atoms with Crippen LogP contribution in [0, 0.1) is 4.78 Å². The summed E-state index contributed by atoms with van der Waals surface area (Å²) in [5, 5.41) is 2.55. The molecule has 1 atom stereocenters. The lowest BCUT2D eigenvalue weighted by atomic mass is 10.1. The molecule has 0 saturated heterocycles. The molecule has 3 amide bonds. The van der Waals surface area contributed by atoms with Crippen LogP contribution in [-0.4, -0.2) is 72.3 Å². The zero-order valence-electron chi connectivity index (χ0n) is 24.7. The lowest BCUT2D eigenvalue weighted by Crippen LogP contribution is -2.37. The highest BCUT2D eigenvalue weighted by atomic mass is 32.2. The van der Waals surface area contributed by atoms with Gasteiger partial charge in [-0.15, -0.1) is 0 Å². The Bertz CT molecular complexity index is 1710. The molecule has 0 saturated carbocycles. The number of carbonyl (C=O) groups is 3. The first kappa shape index (κ1) is 35.4. The second kappa shape index (κ2) is 16.2. The van der Waals surface area contributed by atoms with Gasteiger partial charge in [-0.05, 0) is 48.9 Å². The number of hydrogen-bond acceptors (Lipinski definition) is 11. The van der Waals surface area contributed by atoms with Crippen molar-refractivity contribution in [1.82, 2.24) is 4.90 Å². The lowest BCUT2D eigenvalue weighted by molar-refractivity contribution is -0.114. The SMILES string of the molecule is CCOc1cc(C(CS(C)(=O)=O)N2C(=O)c3cccc(NC(C)=O)c3C2=O)ccc1OC.COc1ccccc1.N=S(=O)=O. The van der Waals surface area contributed by atoms with Crippen molar-refractivity contribution in [3.63, 3.8) is 0 Å². The molecule has 13 nitrogen and oxygen atoms in total. The maximum Gasteiger partial charge on any atom is 0.308 e. The molecule has 1 unspecified atom stereocenters. The summed E-state index contributed by atoms with van der Waals surface area (Å²) in [4.78, 5) is 39.1. The molecule has 0 aromatic heterocycles. The molecule has 4 rings (SSSR count). The van der Waals surface area contributed by atoms with Crippen molar-refractivity contribution in [2.45, 2.75) is 19.9 Å². The molecule has 236 valence electrons. The van der Waals surface area contributed by atoms with E-state index in [4.69, 9.17) is 27.4 Å². The molecular weight excluding hydrogens is 614 g/mol. The summed E-state index contributed by atoms with van der Waals surface area (Å²) in [6.45, 7) is 3.41. The summed E-state index contributed by atoms with van der Waals surface area (Å²) >= 11 is 0. The van der Waals surface area contributed by atoms with E-state index in [1.165, 1.54) is 26.2 Å². The number of amides is 3. The Morgan fingerprint density at radius 1 is 0.955 bits per heavy atom. The van der Waals surface area contributed by atoms with E-state index in [-0.39, 0.29) is 16.8 Å². The number of sulfone groups is 1. The zero-order valence-corrected chi connectivity index (χ0v) is 26.3. The van der Waals surface area contributed by atoms with E-state index in [2.05, 4.69) is 5.32 Å². The van der Waals surface area contributed by atoms with Crippen LogP contribution < -0.4 is 19.5 Å². The third-order valence-electron chi connectivity index (χ3n) is 5.88. The van der Waals surface area contributed by atoms with Crippen LogP contribution in [0.25, 0.3) is 0 Å². The van der Waals surface area contributed by atoms with Gasteiger partial charge < -0.3 is 19.5 Å². The van der Waals surface area contributed by atoms with Gasteiger partial charge >= 0.3 is 10.5 Å². The van der Waals surface area contributed by atoms with E-state index < -0.39 is 49.9 Å². The van der Waals surface area contributed by atoms with Crippen LogP contribution in [0.4, 0.5) is 5.69 Å². The molecule has 0 bridgehead atoms. The van der Waals surface area contributed by atoms with Gasteiger partial charge in [0.1, 0.15) is 15.6 Å². The van der Waals surface area contributed by atoms with Crippen LogP contribution in [0.3, 0.4) is 0 Å². The summed E-state index contributed by atoms with van der Waals surface area (Å²) < 4.78 is 63.1. The smallest absolute Gasteiger partial charge is 0.308 e. The first-order valence-corrected chi connectivity index (χ1v) is 16.0. The number of methoxy groups -OCH3 is 2. The van der Waals surface area contributed by atoms with Crippen molar-refractivity contribution in [2.24, 2.45) is 0 Å². The molecule has 44 heavy (non-hydrogen) atoms. The largest absolute Gasteiger partial charge is 0.497 e. The number of anilines is 1. The summed E-state index contributed by atoms with van der Waals surface area (Å²) in [5.41, 5.74) is 0.719. The van der Waals surface area contributed by atoms with E-state index in [0.717, 1.165) is 16.9 Å². The fourth-order valence-electron chi connectivity index (χ4n) is 4.21. The number of hydrogen-bond donors (Lipinski definition) is 2. The van der Waals surface area contributed by atoms with Crippen LogP contribution >= 0.6 is 0 Å². The van der Waals surface area contributed by atoms with Crippen LogP contribution in [-0.2, 0) is 25.1 Å². The van der Waals surface area contributed by atoms with Crippen LogP contribution in [0.5, 0.6) is 17.2 Å². The number of nitrogens with one attached hydrogen (secondary N) is 2. The summed E-state index contributed by atoms with van der Waals surface area (Å²) in [7, 11) is -3.08. The minimum Gasteiger partial charge on any atom is -0.497 e. The van der Waals surface area contributed by atoms with Crippen LogP contribution in [0.15, 0.2) is 66.7 Å². The van der Waals surface area contributed by atoms with Crippen LogP contribution in [0.2, 0.25) is 0 Å². The van der Waals surface area contributed by atoms with Gasteiger partial charge in [0.15, 0.2) is 11.5 Å². The molecular formula is C29H33N3O10S2. The fraction of sp³-hybridized carbons (Fsp3) is 0.276. The Labute approximate surface area is 257 Å². The van der Waals surface area contributed by atoms with Gasteiger partial charge in [-0.25, -0.2) is 8.42 Å². The molecule has 0 fully saturated rings. The maximum atomic E-state index is 13.3. The first-order chi connectivity index (χ1) is 20.7. The number of ether oxygens (including phenoxy) is 3. The number of fused-ring (bicyclic) bond motifs is 1. The van der Waals surface area contributed by atoms with Crippen molar-refractivity contribution in [1.29, 1.82) is 4.78 Å². The van der Waals surface area contributed by atoms with Crippen molar-refractivity contribution < 1.29 is 45.4 Å². The Balaban J connectivity index is 0.000000470. The minimum absolute atomic E-state index is 0.0322. The molecule has 1 heterocycles. The number of imide groups is 1. The van der Waals surface area contributed by atoms with E-state index in [0.29, 0.717) is 23.7 Å². The molecule has 1 aliphatic rings. The third-order valence-corrected chi connectivity index (χ3v) is 6.80. The van der Waals surface area contributed by atoms with Crippen molar-refractivity contribution in [3.8, 4) is 17.2 Å². The summed E-state index contributed by atoms with van der Waals surface area (Å²) in [6.07, 6.45) is 1.04. The zero-order chi connectivity index (χ0) is 33.0. The molecule has 0 aliphatic carbocycles. The van der Waals surface area contributed by atoms with E-state index >= 15 is 0 Å². The molecule has 15 heteroatoms. The summed E-state index contributed by atoms with van der Waals surface area (Å²) in [6, 6.07) is 17.9. The molecule has 0 spiro atoms. The van der Waals surface area contributed by atoms with Gasteiger partial charge in [0.05, 0.1) is 49.4 Å². The van der Waals surface area contributed by atoms with Gasteiger partial charge in [0, 0.05) is 13.2 Å². The Morgan fingerprint density at radius 2 is 1.59 bits per heavy atom. The second-order valence-electron chi connectivity index (χ2n) is 9.09.